The quantitative estimate of drug-likeness (QED) is 0.696. The lowest BCUT2D eigenvalue weighted by atomic mass is 10.1. The highest BCUT2D eigenvalue weighted by atomic mass is 32.1. The SMILES string of the molecule is CC(=O)N(Cc1ccco1)c1nc(CC(=O)Nc2ccc(C)cc2C)cs1. The number of hydrogen-bond acceptors (Lipinski definition) is 5. The highest BCUT2D eigenvalue weighted by Crippen LogP contribution is 2.24. The van der Waals surface area contributed by atoms with Gasteiger partial charge in [0.25, 0.3) is 0 Å². The average molecular weight is 383 g/mol. The van der Waals surface area contributed by atoms with Crippen LogP contribution in [0.25, 0.3) is 0 Å². The van der Waals surface area contributed by atoms with Gasteiger partial charge in [0, 0.05) is 18.0 Å². The lowest BCUT2D eigenvalue weighted by Gasteiger charge is -2.16. The molecule has 7 heteroatoms. The molecular weight excluding hydrogens is 362 g/mol. The number of amides is 2. The van der Waals surface area contributed by atoms with E-state index in [2.05, 4.69) is 10.3 Å². The minimum Gasteiger partial charge on any atom is -0.467 e. The Hall–Kier alpha value is -2.93. The van der Waals surface area contributed by atoms with E-state index in [-0.39, 0.29) is 18.2 Å². The number of benzene rings is 1. The summed E-state index contributed by atoms with van der Waals surface area (Å²) in [7, 11) is 0. The number of aromatic nitrogens is 1. The second-order valence-corrected chi connectivity index (χ2v) is 7.19. The summed E-state index contributed by atoms with van der Waals surface area (Å²) in [6, 6.07) is 9.47. The first-order chi connectivity index (χ1) is 12.9. The van der Waals surface area contributed by atoms with Gasteiger partial charge >= 0.3 is 0 Å². The minimum atomic E-state index is -0.140. The number of carbonyl (C=O) groups is 2. The van der Waals surface area contributed by atoms with Gasteiger partial charge in [-0.2, -0.15) is 0 Å². The normalized spacial score (nSPS) is 10.6. The molecule has 27 heavy (non-hydrogen) atoms. The minimum absolute atomic E-state index is 0.132. The van der Waals surface area contributed by atoms with Crippen molar-refractivity contribution in [1.29, 1.82) is 0 Å². The summed E-state index contributed by atoms with van der Waals surface area (Å²) < 4.78 is 5.31. The second-order valence-electron chi connectivity index (χ2n) is 6.35. The maximum Gasteiger partial charge on any atom is 0.230 e. The van der Waals surface area contributed by atoms with Crippen LogP contribution in [0.3, 0.4) is 0 Å². The molecule has 0 saturated carbocycles. The fourth-order valence-electron chi connectivity index (χ4n) is 2.69. The summed E-state index contributed by atoms with van der Waals surface area (Å²) in [5, 5.41) is 5.26. The Balaban J connectivity index is 1.67. The van der Waals surface area contributed by atoms with E-state index in [9.17, 15) is 9.59 Å². The molecule has 1 aromatic carbocycles. The zero-order chi connectivity index (χ0) is 19.4. The molecule has 3 aromatic rings. The number of furan rings is 1. The molecule has 1 N–H and O–H groups in total. The van der Waals surface area contributed by atoms with Crippen LogP contribution in [0.15, 0.2) is 46.4 Å². The summed E-state index contributed by atoms with van der Waals surface area (Å²) in [6.45, 7) is 5.77. The number of carbonyl (C=O) groups excluding carboxylic acids is 2. The maximum atomic E-state index is 12.3. The van der Waals surface area contributed by atoms with Crippen LogP contribution in [0.4, 0.5) is 10.8 Å². The van der Waals surface area contributed by atoms with Crippen LogP contribution in [0, 0.1) is 13.8 Å². The van der Waals surface area contributed by atoms with Crippen LogP contribution >= 0.6 is 11.3 Å². The van der Waals surface area contributed by atoms with Crippen molar-refractivity contribution in [3.63, 3.8) is 0 Å². The lowest BCUT2D eigenvalue weighted by molar-refractivity contribution is -0.117. The third-order valence-electron chi connectivity index (χ3n) is 4.04. The summed E-state index contributed by atoms with van der Waals surface area (Å²) >= 11 is 1.33. The van der Waals surface area contributed by atoms with Crippen LogP contribution in [-0.2, 0) is 22.6 Å². The topological polar surface area (TPSA) is 75.4 Å². The Kier molecular flexibility index (Phi) is 5.71. The molecule has 3 rings (SSSR count). The fraction of sp³-hybridized carbons (Fsp3) is 0.250. The Morgan fingerprint density at radius 1 is 1.26 bits per heavy atom. The number of nitrogens with zero attached hydrogens (tertiary/aromatic N) is 2. The van der Waals surface area contributed by atoms with Gasteiger partial charge in [-0.3, -0.25) is 14.5 Å². The fourth-order valence-corrected chi connectivity index (χ4v) is 3.55. The van der Waals surface area contributed by atoms with Gasteiger partial charge in [0.15, 0.2) is 5.13 Å². The average Bonchev–Trinajstić information content (AvgIpc) is 3.26. The third kappa shape index (κ3) is 4.83. The van der Waals surface area contributed by atoms with E-state index in [1.807, 2.05) is 38.1 Å². The summed E-state index contributed by atoms with van der Waals surface area (Å²) in [5.74, 6) is 0.404. The zero-order valence-electron chi connectivity index (χ0n) is 15.5. The summed E-state index contributed by atoms with van der Waals surface area (Å²) in [5.41, 5.74) is 3.59. The van der Waals surface area contributed by atoms with E-state index < -0.39 is 0 Å². The monoisotopic (exact) mass is 383 g/mol. The Bertz CT molecular complexity index is 947. The molecular formula is C20H21N3O3S. The standard InChI is InChI=1S/C20H21N3O3S/c1-13-6-7-18(14(2)9-13)22-19(25)10-16-12-27-20(21-16)23(15(3)24)11-17-5-4-8-26-17/h4-9,12H,10-11H2,1-3H3,(H,22,25). The lowest BCUT2D eigenvalue weighted by Crippen LogP contribution is -2.27. The van der Waals surface area contributed by atoms with Crippen LogP contribution in [0.1, 0.15) is 29.5 Å². The molecule has 0 aliphatic heterocycles. The van der Waals surface area contributed by atoms with Crippen LogP contribution in [-0.4, -0.2) is 16.8 Å². The van der Waals surface area contributed by atoms with Crippen molar-refractivity contribution in [2.75, 3.05) is 10.2 Å². The van der Waals surface area contributed by atoms with E-state index in [1.165, 1.54) is 23.2 Å². The number of aryl methyl sites for hydroxylation is 2. The van der Waals surface area contributed by atoms with Gasteiger partial charge < -0.3 is 9.73 Å². The Morgan fingerprint density at radius 2 is 2.07 bits per heavy atom. The van der Waals surface area contributed by atoms with Gasteiger partial charge in [-0.05, 0) is 37.6 Å². The Morgan fingerprint density at radius 3 is 2.74 bits per heavy atom. The molecule has 0 saturated heterocycles. The van der Waals surface area contributed by atoms with Crippen molar-refractivity contribution in [2.45, 2.75) is 33.7 Å². The maximum absolute atomic E-state index is 12.3. The van der Waals surface area contributed by atoms with Crippen molar-refractivity contribution < 1.29 is 14.0 Å². The number of nitrogens with one attached hydrogen (secondary N) is 1. The zero-order valence-corrected chi connectivity index (χ0v) is 16.3. The van der Waals surface area contributed by atoms with Gasteiger partial charge in [0.05, 0.1) is 24.9 Å². The van der Waals surface area contributed by atoms with Crippen molar-refractivity contribution in [3.05, 3.63) is 64.6 Å². The molecule has 0 aliphatic carbocycles. The van der Waals surface area contributed by atoms with Gasteiger partial charge in [0.1, 0.15) is 5.76 Å². The predicted octanol–water partition coefficient (Wildman–Crippen LogP) is 4.09. The second kappa shape index (κ2) is 8.18. The van der Waals surface area contributed by atoms with Crippen molar-refractivity contribution >= 4 is 34.0 Å². The summed E-state index contributed by atoms with van der Waals surface area (Å²) in [6.07, 6.45) is 1.72. The van der Waals surface area contributed by atoms with Crippen molar-refractivity contribution in [1.82, 2.24) is 4.98 Å². The molecule has 140 valence electrons. The molecule has 2 heterocycles. The molecule has 2 amide bonds. The molecule has 0 radical (unpaired) electrons. The van der Waals surface area contributed by atoms with Crippen LogP contribution < -0.4 is 10.2 Å². The molecule has 6 nitrogen and oxygen atoms in total. The Labute approximate surface area is 161 Å². The third-order valence-corrected chi connectivity index (χ3v) is 4.95. The van der Waals surface area contributed by atoms with Gasteiger partial charge in [-0.25, -0.2) is 4.98 Å². The van der Waals surface area contributed by atoms with E-state index in [4.69, 9.17) is 4.42 Å². The van der Waals surface area contributed by atoms with Crippen molar-refractivity contribution in [2.24, 2.45) is 0 Å². The van der Waals surface area contributed by atoms with E-state index in [1.54, 1.807) is 17.7 Å². The first kappa shape index (κ1) is 18.8. The predicted molar refractivity (Wildman–Crippen MR) is 106 cm³/mol. The van der Waals surface area contributed by atoms with Gasteiger partial charge in [-0.1, -0.05) is 17.7 Å². The van der Waals surface area contributed by atoms with E-state index >= 15 is 0 Å². The first-order valence-corrected chi connectivity index (χ1v) is 9.42. The smallest absolute Gasteiger partial charge is 0.230 e. The van der Waals surface area contributed by atoms with Crippen LogP contribution in [0.2, 0.25) is 0 Å². The number of rotatable bonds is 6. The van der Waals surface area contributed by atoms with Crippen molar-refractivity contribution in [3.8, 4) is 0 Å². The van der Waals surface area contributed by atoms with E-state index in [0.717, 1.165) is 16.8 Å². The molecule has 2 aromatic heterocycles. The highest BCUT2D eigenvalue weighted by molar-refractivity contribution is 7.14. The molecule has 0 aliphatic rings. The van der Waals surface area contributed by atoms with E-state index in [0.29, 0.717) is 23.1 Å². The van der Waals surface area contributed by atoms with Gasteiger partial charge in [0.2, 0.25) is 11.8 Å². The summed E-state index contributed by atoms with van der Waals surface area (Å²) in [4.78, 5) is 30.3. The number of thiazole rings is 1. The molecule has 0 atom stereocenters. The first-order valence-electron chi connectivity index (χ1n) is 8.54. The largest absolute Gasteiger partial charge is 0.467 e. The number of anilines is 2. The highest BCUT2D eigenvalue weighted by Gasteiger charge is 2.18. The molecule has 0 spiro atoms. The number of hydrogen-bond donors (Lipinski definition) is 1. The molecule has 0 fully saturated rings. The van der Waals surface area contributed by atoms with Crippen LogP contribution in [0.5, 0.6) is 0 Å². The molecule has 0 unspecified atom stereocenters. The van der Waals surface area contributed by atoms with Gasteiger partial charge in [-0.15, -0.1) is 11.3 Å². The molecule has 0 bridgehead atoms.